The minimum absolute atomic E-state index is 0.288. The molecule has 1 aromatic heterocycles. The number of hydrogen-bond acceptors (Lipinski definition) is 6. The number of aryl methyl sites for hydroxylation is 2. The van der Waals surface area contributed by atoms with E-state index in [9.17, 15) is 4.79 Å². The summed E-state index contributed by atoms with van der Waals surface area (Å²) in [7, 11) is 0. The van der Waals surface area contributed by atoms with Gasteiger partial charge in [0.25, 0.3) is 0 Å². The zero-order valence-corrected chi connectivity index (χ0v) is 16.6. The third-order valence-corrected chi connectivity index (χ3v) is 5.22. The van der Waals surface area contributed by atoms with Crippen LogP contribution in [0, 0.1) is 13.8 Å². The summed E-state index contributed by atoms with van der Waals surface area (Å²) < 4.78 is 0. The first-order valence-corrected chi connectivity index (χ1v) is 9.73. The van der Waals surface area contributed by atoms with E-state index in [4.69, 9.17) is 0 Å². The fourth-order valence-electron chi connectivity index (χ4n) is 2.91. The third kappa shape index (κ3) is 3.44. The van der Waals surface area contributed by atoms with E-state index >= 15 is 0 Å². The van der Waals surface area contributed by atoms with Crippen molar-refractivity contribution in [2.75, 3.05) is 10.4 Å². The van der Waals surface area contributed by atoms with Crippen LogP contribution < -0.4 is 10.4 Å². The maximum absolute atomic E-state index is 12.8. The summed E-state index contributed by atoms with van der Waals surface area (Å²) in [6, 6.07) is 15.9. The molecular weight excluding hydrogens is 370 g/mol. The maximum atomic E-state index is 12.8. The van der Waals surface area contributed by atoms with Crippen LogP contribution in [0.3, 0.4) is 0 Å². The van der Waals surface area contributed by atoms with Crippen molar-refractivity contribution in [3.05, 3.63) is 65.0 Å². The number of nitrogens with one attached hydrogen (secondary N) is 1. The minimum Gasteiger partial charge on any atom is -0.277 e. The molecule has 0 atom stereocenters. The number of anilines is 2. The Bertz CT molecular complexity index is 1100. The monoisotopic (exact) mass is 389 g/mol. The van der Waals surface area contributed by atoms with E-state index in [-0.39, 0.29) is 11.6 Å². The summed E-state index contributed by atoms with van der Waals surface area (Å²) in [5.74, 6) is -0.288. The lowest BCUT2D eigenvalue weighted by Gasteiger charge is -2.08. The zero-order chi connectivity index (χ0) is 19.7. The number of nitrogens with zero attached hydrogens (tertiary/aromatic N) is 4. The van der Waals surface area contributed by atoms with Crippen LogP contribution in [0.4, 0.5) is 10.8 Å². The van der Waals surface area contributed by atoms with Crippen LogP contribution in [-0.2, 0) is 4.79 Å². The molecule has 0 saturated carbocycles. The first-order valence-electron chi connectivity index (χ1n) is 8.85. The summed E-state index contributed by atoms with van der Waals surface area (Å²) in [4.78, 5) is 17.4. The van der Waals surface area contributed by atoms with Gasteiger partial charge in [0.05, 0.1) is 17.1 Å². The van der Waals surface area contributed by atoms with Gasteiger partial charge in [-0.1, -0.05) is 48.0 Å². The van der Waals surface area contributed by atoms with Crippen molar-refractivity contribution >= 4 is 39.5 Å². The number of hydrogen-bond donors (Lipinski definition) is 1. The molecule has 1 N–H and O–H groups in total. The van der Waals surface area contributed by atoms with Crippen molar-refractivity contribution in [2.45, 2.75) is 20.8 Å². The second-order valence-corrected chi connectivity index (χ2v) is 7.41. The Balaban J connectivity index is 1.56. The summed E-state index contributed by atoms with van der Waals surface area (Å²) in [5, 5.41) is 12.4. The molecule has 28 heavy (non-hydrogen) atoms. The normalized spacial score (nSPS) is 15.2. The average Bonchev–Trinajstić information content (AvgIpc) is 3.27. The molecule has 0 unspecified atom stereocenters. The SMILES string of the molecule is CC1=NN(c2nc(-c3ccccc3)cs2)C(=O)/C1=N\Nc1ccc(C)cc1C. The second kappa shape index (κ2) is 7.36. The van der Waals surface area contributed by atoms with E-state index in [1.165, 1.54) is 21.9 Å². The molecule has 0 bridgehead atoms. The van der Waals surface area contributed by atoms with Crippen molar-refractivity contribution in [3.63, 3.8) is 0 Å². The lowest BCUT2D eigenvalue weighted by Crippen LogP contribution is -2.27. The van der Waals surface area contributed by atoms with Crippen LogP contribution >= 0.6 is 11.3 Å². The molecular formula is C21H19N5OS. The highest BCUT2D eigenvalue weighted by molar-refractivity contribution is 7.14. The second-order valence-electron chi connectivity index (χ2n) is 6.57. The molecule has 1 aliphatic heterocycles. The summed E-state index contributed by atoms with van der Waals surface area (Å²) in [5.41, 5.74) is 8.75. The lowest BCUT2D eigenvalue weighted by molar-refractivity contribution is -0.112. The summed E-state index contributed by atoms with van der Waals surface area (Å²) in [6.45, 7) is 5.81. The molecule has 2 aromatic carbocycles. The van der Waals surface area contributed by atoms with Gasteiger partial charge in [-0.15, -0.1) is 11.3 Å². The van der Waals surface area contributed by atoms with E-state index in [2.05, 4.69) is 26.7 Å². The summed E-state index contributed by atoms with van der Waals surface area (Å²) >= 11 is 1.38. The number of carbonyl (C=O) groups is 1. The van der Waals surface area contributed by atoms with Crippen LogP contribution in [0.5, 0.6) is 0 Å². The van der Waals surface area contributed by atoms with Crippen molar-refractivity contribution in [1.82, 2.24) is 4.98 Å². The number of carbonyl (C=O) groups excluding carboxylic acids is 1. The molecule has 2 heterocycles. The molecule has 0 fully saturated rings. The molecule has 6 nitrogen and oxygen atoms in total. The number of amides is 1. The van der Waals surface area contributed by atoms with Gasteiger partial charge < -0.3 is 0 Å². The van der Waals surface area contributed by atoms with E-state index in [0.717, 1.165) is 22.5 Å². The van der Waals surface area contributed by atoms with Gasteiger partial charge in [0.1, 0.15) is 0 Å². The van der Waals surface area contributed by atoms with Gasteiger partial charge in [-0.25, -0.2) is 4.98 Å². The van der Waals surface area contributed by atoms with Crippen LogP contribution in [-0.4, -0.2) is 22.3 Å². The largest absolute Gasteiger partial charge is 0.303 e. The molecule has 1 amide bonds. The molecule has 7 heteroatoms. The quantitative estimate of drug-likeness (QED) is 0.662. The van der Waals surface area contributed by atoms with Crippen LogP contribution in [0.25, 0.3) is 11.3 Å². The molecule has 3 aromatic rings. The Kier molecular flexibility index (Phi) is 4.75. The zero-order valence-electron chi connectivity index (χ0n) is 15.8. The third-order valence-electron chi connectivity index (χ3n) is 4.40. The fourth-order valence-corrected chi connectivity index (χ4v) is 3.69. The summed E-state index contributed by atoms with van der Waals surface area (Å²) in [6.07, 6.45) is 0. The van der Waals surface area contributed by atoms with Crippen LogP contribution in [0.15, 0.2) is 64.1 Å². The van der Waals surface area contributed by atoms with Gasteiger partial charge >= 0.3 is 5.91 Å². The van der Waals surface area contributed by atoms with Gasteiger partial charge in [0.2, 0.25) is 5.13 Å². The van der Waals surface area contributed by atoms with Gasteiger partial charge in [-0.05, 0) is 32.4 Å². The predicted molar refractivity (Wildman–Crippen MR) is 115 cm³/mol. The van der Waals surface area contributed by atoms with E-state index in [0.29, 0.717) is 10.8 Å². The van der Waals surface area contributed by atoms with Gasteiger partial charge in [-0.3, -0.25) is 10.2 Å². The highest BCUT2D eigenvalue weighted by Gasteiger charge is 2.32. The number of aromatic nitrogens is 1. The Hall–Kier alpha value is -3.32. The highest BCUT2D eigenvalue weighted by atomic mass is 32.1. The van der Waals surface area contributed by atoms with Gasteiger partial charge in [0, 0.05) is 10.9 Å². The molecule has 0 radical (unpaired) electrons. The fraction of sp³-hybridized carbons (Fsp3) is 0.143. The molecule has 0 saturated heterocycles. The number of thiazole rings is 1. The Labute approximate surface area is 167 Å². The number of hydrazone groups is 2. The average molecular weight is 389 g/mol. The number of rotatable bonds is 4. The standard InChI is InChI=1S/C21H19N5OS/c1-13-9-10-17(14(2)11-13)23-24-19-15(3)25-26(20(19)27)21-22-18(12-28-21)16-7-5-4-6-8-16/h4-12,23H,1-3H3/b24-19-. The number of benzene rings is 2. The molecule has 1 aliphatic rings. The van der Waals surface area contributed by atoms with E-state index in [1.807, 2.05) is 61.7 Å². The van der Waals surface area contributed by atoms with Gasteiger partial charge in [-0.2, -0.15) is 15.2 Å². The first-order chi connectivity index (χ1) is 13.5. The Morgan fingerprint density at radius 1 is 1.07 bits per heavy atom. The highest BCUT2D eigenvalue weighted by Crippen LogP contribution is 2.29. The van der Waals surface area contributed by atoms with Crippen LogP contribution in [0.1, 0.15) is 18.1 Å². The predicted octanol–water partition coefficient (Wildman–Crippen LogP) is 4.62. The smallest absolute Gasteiger partial charge is 0.277 e. The lowest BCUT2D eigenvalue weighted by atomic mass is 10.1. The van der Waals surface area contributed by atoms with Crippen molar-refractivity contribution in [1.29, 1.82) is 0 Å². The molecule has 140 valence electrons. The molecule has 0 aliphatic carbocycles. The van der Waals surface area contributed by atoms with E-state index < -0.39 is 0 Å². The topological polar surface area (TPSA) is 70.0 Å². The first kappa shape index (κ1) is 18.1. The maximum Gasteiger partial charge on any atom is 0.303 e. The Morgan fingerprint density at radius 2 is 1.86 bits per heavy atom. The minimum atomic E-state index is -0.288. The Morgan fingerprint density at radius 3 is 2.61 bits per heavy atom. The molecule has 0 spiro atoms. The molecule has 4 rings (SSSR count). The van der Waals surface area contributed by atoms with Crippen molar-refractivity contribution < 1.29 is 4.79 Å². The van der Waals surface area contributed by atoms with Crippen molar-refractivity contribution in [2.24, 2.45) is 10.2 Å². The van der Waals surface area contributed by atoms with E-state index in [1.54, 1.807) is 6.92 Å². The van der Waals surface area contributed by atoms with Crippen molar-refractivity contribution in [3.8, 4) is 11.3 Å². The van der Waals surface area contributed by atoms with Crippen LogP contribution in [0.2, 0.25) is 0 Å². The van der Waals surface area contributed by atoms with Gasteiger partial charge in [0.15, 0.2) is 5.71 Å².